The molecule has 0 aliphatic carbocycles. The third kappa shape index (κ3) is 5.23. The Morgan fingerprint density at radius 1 is 1.33 bits per heavy atom. The maximum Gasteiger partial charge on any atom is 0.117 e. The molecule has 0 radical (unpaired) electrons. The van der Waals surface area contributed by atoms with Crippen molar-refractivity contribution in [3.63, 3.8) is 0 Å². The van der Waals surface area contributed by atoms with Gasteiger partial charge in [-0.3, -0.25) is 4.90 Å². The van der Waals surface area contributed by atoms with E-state index >= 15 is 0 Å². The molecule has 3 heteroatoms. The van der Waals surface area contributed by atoms with Crippen LogP contribution in [0.15, 0.2) is 22.8 Å². The van der Waals surface area contributed by atoms with Crippen LogP contribution in [0.5, 0.6) is 0 Å². The summed E-state index contributed by atoms with van der Waals surface area (Å²) in [6.45, 7) is 11.9. The zero-order chi connectivity index (χ0) is 13.4. The molecule has 0 saturated heterocycles. The molecule has 104 valence electrons. The van der Waals surface area contributed by atoms with Gasteiger partial charge in [-0.15, -0.1) is 0 Å². The van der Waals surface area contributed by atoms with Crippen molar-refractivity contribution in [1.82, 2.24) is 10.2 Å². The van der Waals surface area contributed by atoms with E-state index in [1.54, 1.807) is 6.26 Å². The zero-order valence-corrected chi connectivity index (χ0v) is 12.3. The van der Waals surface area contributed by atoms with E-state index in [4.69, 9.17) is 4.42 Å². The van der Waals surface area contributed by atoms with Crippen LogP contribution >= 0.6 is 0 Å². The van der Waals surface area contributed by atoms with Gasteiger partial charge in [0.15, 0.2) is 0 Å². The molecule has 0 spiro atoms. The van der Waals surface area contributed by atoms with Gasteiger partial charge in [0.1, 0.15) is 5.76 Å². The van der Waals surface area contributed by atoms with E-state index in [1.165, 1.54) is 12.8 Å². The van der Waals surface area contributed by atoms with E-state index in [0.717, 1.165) is 25.4 Å². The molecule has 18 heavy (non-hydrogen) atoms. The van der Waals surface area contributed by atoms with E-state index < -0.39 is 0 Å². The molecule has 1 unspecified atom stereocenters. The molecule has 1 aromatic rings. The first-order valence-corrected chi connectivity index (χ1v) is 7.17. The fraction of sp³-hybridized carbons (Fsp3) is 0.733. The number of hydrogen-bond acceptors (Lipinski definition) is 3. The van der Waals surface area contributed by atoms with Crippen molar-refractivity contribution in [3.05, 3.63) is 24.2 Å². The predicted octanol–water partition coefficient (Wildman–Crippen LogP) is 3.27. The molecule has 1 rings (SSSR count). The first-order chi connectivity index (χ1) is 8.67. The van der Waals surface area contributed by atoms with Crippen LogP contribution in [-0.2, 0) is 6.54 Å². The number of rotatable bonds is 9. The van der Waals surface area contributed by atoms with E-state index in [9.17, 15) is 0 Å². The highest BCUT2D eigenvalue weighted by Crippen LogP contribution is 2.12. The van der Waals surface area contributed by atoms with Crippen LogP contribution in [0.25, 0.3) is 0 Å². The molecule has 1 atom stereocenters. The zero-order valence-electron chi connectivity index (χ0n) is 12.3. The number of nitrogens with zero attached hydrogens (tertiary/aromatic N) is 1. The van der Waals surface area contributed by atoms with Crippen LogP contribution < -0.4 is 5.32 Å². The van der Waals surface area contributed by atoms with Gasteiger partial charge in [0, 0.05) is 18.6 Å². The maximum atomic E-state index is 5.46. The molecular weight excluding hydrogens is 224 g/mol. The predicted molar refractivity (Wildman–Crippen MR) is 76.6 cm³/mol. The Balaban J connectivity index is 2.55. The van der Waals surface area contributed by atoms with Gasteiger partial charge in [-0.1, -0.05) is 34.1 Å². The van der Waals surface area contributed by atoms with Gasteiger partial charge in [0.2, 0.25) is 0 Å². The van der Waals surface area contributed by atoms with Crippen LogP contribution in [0.1, 0.15) is 46.3 Å². The second kappa shape index (κ2) is 8.33. The van der Waals surface area contributed by atoms with E-state index in [1.807, 2.05) is 6.07 Å². The summed E-state index contributed by atoms with van der Waals surface area (Å²) in [7, 11) is 0. The standard InChI is InChI=1S/C15H28N2O/c1-5-8-14(11-16-13(3)4)17(6-2)12-15-9-7-10-18-15/h7,9-10,13-14,16H,5-6,8,11-12H2,1-4H3. The first-order valence-electron chi connectivity index (χ1n) is 7.17. The van der Waals surface area contributed by atoms with Crippen molar-refractivity contribution in [1.29, 1.82) is 0 Å². The molecule has 3 nitrogen and oxygen atoms in total. The average Bonchev–Trinajstić information content (AvgIpc) is 2.84. The number of furan rings is 1. The molecule has 0 bridgehead atoms. The molecule has 1 N–H and O–H groups in total. The molecule has 1 aromatic heterocycles. The van der Waals surface area contributed by atoms with Gasteiger partial charge in [0.25, 0.3) is 0 Å². The molecule has 0 fully saturated rings. The highest BCUT2D eigenvalue weighted by molar-refractivity contribution is 4.98. The van der Waals surface area contributed by atoms with Crippen LogP contribution in [0.2, 0.25) is 0 Å². The normalized spacial score (nSPS) is 13.4. The molecule has 0 aromatic carbocycles. The highest BCUT2D eigenvalue weighted by atomic mass is 16.3. The molecule has 0 aliphatic rings. The van der Waals surface area contributed by atoms with Gasteiger partial charge in [-0.2, -0.15) is 0 Å². The van der Waals surface area contributed by atoms with E-state index in [2.05, 4.69) is 44.0 Å². The fourth-order valence-electron chi connectivity index (χ4n) is 2.22. The van der Waals surface area contributed by atoms with Gasteiger partial charge >= 0.3 is 0 Å². The lowest BCUT2D eigenvalue weighted by molar-refractivity contribution is 0.167. The largest absolute Gasteiger partial charge is 0.468 e. The van der Waals surface area contributed by atoms with Crippen molar-refractivity contribution in [2.75, 3.05) is 13.1 Å². The average molecular weight is 252 g/mol. The van der Waals surface area contributed by atoms with Crippen molar-refractivity contribution >= 4 is 0 Å². The number of likely N-dealkylation sites (N-methyl/N-ethyl adjacent to an activating group) is 1. The monoisotopic (exact) mass is 252 g/mol. The lowest BCUT2D eigenvalue weighted by atomic mass is 10.1. The Morgan fingerprint density at radius 3 is 2.61 bits per heavy atom. The second-order valence-corrected chi connectivity index (χ2v) is 5.15. The maximum absolute atomic E-state index is 5.46. The van der Waals surface area contributed by atoms with Crippen molar-refractivity contribution in [2.24, 2.45) is 0 Å². The summed E-state index contributed by atoms with van der Waals surface area (Å²) < 4.78 is 5.46. The molecule has 0 amide bonds. The highest BCUT2D eigenvalue weighted by Gasteiger charge is 2.17. The van der Waals surface area contributed by atoms with Crippen molar-refractivity contribution in [2.45, 2.75) is 59.2 Å². The fourth-order valence-corrected chi connectivity index (χ4v) is 2.22. The quantitative estimate of drug-likeness (QED) is 0.731. The van der Waals surface area contributed by atoms with Crippen LogP contribution in [0.4, 0.5) is 0 Å². The first kappa shape index (κ1) is 15.3. The summed E-state index contributed by atoms with van der Waals surface area (Å²) in [4.78, 5) is 2.50. The smallest absolute Gasteiger partial charge is 0.117 e. The summed E-state index contributed by atoms with van der Waals surface area (Å²) in [6, 6.07) is 5.16. The minimum atomic E-state index is 0.548. The Morgan fingerprint density at radius 2 is 2.11 bits per heavy atom. The second-order valence-electron chi connectivity index (χ2n) is 5.15. The van der Waals surface area contributed by atoms with Crippen LogP contribution in [0, 0.1) is 0 Å². The van der Waals surface area contributed by atoms with E-state index in [0.29, 0.717) is 12.1 Å². The third-order valence-electron chi connectivity index (χ3n) is 3.25. The van der Waals surface area contributed by atoms with Gasteiger partial charge in [-0.25, -0.2) is 0 Å². The number of hydrogen-bond donors (Lipinski definition) is 1. The minimum Gasteiger partial charge on any atom is -0.468 e. The van der Waals surface area contributed by atoms with Gasteiger partial charge in [-0.05, 0) is 25.1 Å². The Labute approximate surface area is 112 Å². The third-order valence-corrected chi connectivity index (χ3v) is 3.25. The molecule has 0 aliphatic heterocycles. The Hall–Kier alpha value is -0.800. The van der Waals surface area contributed by atoms with Crippen LogP contribution in [0.3, 0.4) is 0 Å². The van der Waals surface area contributed by atoms with Gasteiger partial charge in [0.05, 0.1) is 12.8 Å². The minimum absolute atomic E-state index is 0.548. The lowest BCUT2D eigenvalue weighted by Crippen LogP contribution is -2.43. The van der Waals surface area contributed by atoms with Crippen molar-refractivity contribution in [3.8, 4) is 0 Å². The Kier molecular flexibility index (Phi) is 7.06. The van der Waals surface area contributed by atoms with Gasteiger partial charge < -0.3 is 9.73 Å². The SMILES string of the molecule is CCCC(CNC(C)C)N(CC)Cc1ccco1. The molecule has 1 heterocycles. The van der Waals surface area contributed by atoms with Crippen molar-refractivity contribution < 1.29 is 4.42 Å². The molecular formula is C15H28N2O. The number of nitrogens with one attached hydrogen (secondary N) is 1. The summed E-state index contributed by atoms with van der Waals surface area (Å²) in [6.07, 6.45) is 4.21. The van der Waals surface area contributed by atoms with Crippen LogP contribution in [-0.4, -0.2) is 30.1 Å². The lowest BCUT2D eigenvalue weighted by Gasteiger charge is -2.30. The summed E-state index contributed by atoms with van der Waals surface area (Å²) in [5, 5.41) is 3.55. The topological polar surface area (TPSA) is 28.4 Å². The summed E-state index contributed by atoms with van der Waals surface area (Å²) in [5.74, 6) is 1.06. The summed E-state index contributed by atoms with van der Waals surface area (Å²) in [5.41, 5.74) is 0. The summed E-state index contributed by atoms with van der Waals surface area (Å²) >= 11 is 0. The molecule has 0 saturated carbocycles. The Bertz CT molecular complexity index is 295. The van der Waals surface area contributed by atoms with E-state index in [-0.39, 0.29) is 0 Å².